The van der Waals surface area contributed by atoms with Gasteiger partial charge in [-0.15, -0.1) is 0 Å². The summed E-state index contributed by atoms with van der Waals surface area (Å²) in [7, 11) is 0. The van der Waals surface area contributed by atoms with Gasteiger partial charge in [-0.05, 0) is 24.5 Å². The molecule has 0 aromatic heterocycles. The lowest BCUT2D eigenvalue weighted by Gasteiger charge is -2.13. The highest BCUT2D eigenvalue weighted by Crippen LogP contribution is 2.32. The predicted molar refractivity (Wildman–Crippen MR) is 56.0 cm³/mol. The van der Waals surface area contributed by atoms with Gasteiger partial charge in [0.05, 0.1) is 5.56 Å². The Hall–Kier alpha value is -1.52. The van der Waals surface area contributed by atoms with E-state index in [4.69, 9.17) is 0 Å². The molecule has 0 aliphatic heterocycles. The number of hydrogen-bond acceptors (Lipinski definition) is 1. The van der Waals surface area contributed by atoms with E-state index < -0.39 is 11.7 Å². The van der Waals surface area contributed by atoms with Crippen molar-refractivity contribution in [3.05, 3.63) is 35.4 Å². The molecule has 1 aliphatic rings. The summed E-state index contributed by atoms with van der Waals surface area (Å²) in [5.74, 6) is -0.143. The number of halogens is 3. The number of benzene rings is 1. The fraction of sp³-hybridized carbons (Fsp3) is 0.417. The van der Waals surface area contributed by atoms with Crippen molar-refractivity contribution in [1.29, 1.82) is 0 Å². The first-order valence-corrected chi connectivity index (χ1v) is 5.41. The Labute approximate surface area is 96.8 Å². The smallest absolute Gasteiger partial charge is 0.352 e. The molecule has 0 bridgehead atoms. The van der Waals surface area contributed by atoms with Gasteiger partial charge < -0.3 is 5.32 Å². The topological polar surface area (TPSA) is 29.1 Å². The van der Waals surface area contributed by atoms with E-state index >= 15 is 0 Å². The molecule has 0 atom stereocenters. The molecule has 1 saturated carbocycles. The molecule has 0 unspecified atom stereocenters. The van der Waals surface area contributed by atoms with Gasteiger partial charge in [-0.2, -0.15) is 13.2 Å². The highest BCUT2D eigenvalue weighted by atomic mass is 19.4. The normalized spacial score (nSPS) is 15.7. The van der Waals surface area contributed by atoms with Crippen LogP contribution in [0.1, 0.15) is 24.0 Å². The van der Waals surface area contributed by atoms with Crippen LogP contribution in [-0.4, -0.2) is 5.91 Å². The third-order valence-electron chi connectivity index (χ3n) is 2.72. The van der Waals surface area contributed by atoms with Gasteiger partial charge in [-0.3, -0.25) is 4.79 Å². The van der Waals surface area contributed by atoms with Crippen molar-refractivity contribution in [3.63, 3.8) is 0 Å². The molecule has 1 N–H and O–H groups in total. The molecule has 2 nitrogen and oxygen atoms in total. The number of alkyl halides is 3. The summed E-state index contributed by atoms with van der Waals surface area (Å²) < 4.78 is 37.9. The Balaban J connectivity index is 2.06. The number of carbonyl (C=O) groups is 1. The summed E-state index contributed by atoms with van der Waals surface area (Å²) in [6.45, 7) is -0.0645. The van der Waals surface area contributed by atoms with E-state index in [0.29, 0.717) is 0 Å². The molecule has 0 heterocycles. The highest BCUT2D eigenvalue weighted by molar-refractivity contribution is 5.80. The molecule has 2 rings (SSSR count). The van der Waals surface area contributed by atoms with Crippen LogP contribution in [0.4, 0.5) is 13.2 Å². The van der Waals surface area contributed by atoms with E-state index in [2.05, 4.69) is 5.32 Å². The van der Waals surface area contributed by atoms with Crippen molar-refractivity contribution in [3.8, 4) is 0 Å². The summed E-state index contributed by atoms with van der Waals surface area (Å²) in [5.41, 5.74) is -0.579. The van der Waals surface area contributed by atoms with Crippen molar-refractivity contribution in [1.82, 2.24) is 5.32 Å². The second kappa shape index (κ2) is 4.39. The highest BCUT2D eigenvalue weighted by Gasteiger charge is 2.33. The summed E-state index contributed by atoms with van der Waals surface area (Å²) in [5, 5.41) is 2.53. The maximum atomic E-state index is 12.6. The fourth-order valence-corrected chi connectivity index (χ4v) is 1.62. The minimum Gasteiger partial charge on any atom is -0.352 e. The number of hydrogen-bond donors (Lipinski definition) is 1. The monoisotopic (exact) mass is 243 g/mol. The van der Waals surface area contributed by atoms with Crippen LogP contribution in [0.2, 0.25) is 0 Å². The molecular weight excluding hydrogens is 231 g/mol. The van der Waals surface area contributed by atoms with E-state index in [1.54, 1.807) is 0 Å². The Kier molecular flexibility index (Phi) is 3.09. The quantitative estimate of drug-likeness (QED) is 0.868. The lowest BCUT2D eigenvalue weighted by molar-refractivity contribution is -0.138. The second-order valence-corrected chi connectivity index (χ2v) is 4.15. The molecule has 17 heavy (non-hydrogen) atoms. The lowest BCUT2D eigenvalue weighted by Crippen LogP contribution is -2.25. The van der Waals surface area contributed by atoms with Gasteiger partial charge in [0.2, 0.25) is 5.91 Å². The van der Waals surface area contributed by atoms with Crippen LogP contribution in [0.5, 0.6) is 0 Å². The maximum absolute atomic E-state index is 12.6. The summed E-state index contributed by atoms with van der Waals surface area (Å²) in [4.78, 5) is 11.3. The van der Waals surface area contributed by atoms with Crippen molar-refractivity contribution >= 4 is 5.91 Å². The van der Waals surface area contributed by atoms with Crippen LogP contribution in [0.25, 0.3) is 0 Å². The van der Waals surface area contributed by atoms with Crippen LogP contribution in [0.15, 0.2) is 24.3 Å². The van der Waals surface area contributed by atoms with Crippen molar-refractivity contribution in [2.45, 2.75) is 25.6 Å². The van der Waals surface area contributed by atoms with Gasteiger partial charge >= 0.3 is 6.18 Å². The van der Waals surface area contributed by atoms with Crippen LogP contribution in [-0.2, 0) is 17.5 Å². The van der Waals surface area contributed by atoms with Gasteiger partial charge in [-0.1, -0.05) is 18.2 Å². The zero-order valence-electron chi connectivity index (χ0n) is 9.05. The zero-order chi connectivity index (χ0) is 12.5. The third-order valence-corrected chi connectivity index (χ3v) is 2.72. The fourth-order valence-electron chi connectivity index (χ4n) is 1.62. The van der Waals surface area contributed by atoms with E-state index in [1.807, 2.05) is 0 Å². The van der Waals surface area contributed by atoms with Gasteiger partial charge in [0.1, 0.15) is 0 Å². The van der Waals surface area contributed by atoms with Crippen LogP contribution in [0.3, 0.4) is 0 Å². The SMILES string of the molecule is O=C(NCc1ccccc1C(F)(F)F)C1CC1. The Bertz CT molecular complexity index is 424. The average molecular weight is 243 g/mol. The molecule has 1 aromatic carbocycles. The predicted octanol–water partition coefficient (Wildman–Crippen LogP) is 2.73. The largest absolute Gasteiger partial charge is 0.416 e. The minimum absolute atomic E-state index is 0.00745. The first-order valence-electron chi connectivity index (χ1n) is 5.41. The summed E-state index contributed by atoms with van der Waals surface area (Å²) in [6, 6.07) is 5.29. The summed E-state index contributed by atoms with van der Waals surface area (Å²) in [6.07, 6.45) is -2.69. The van der Waals surface area contributed by atoms with Crippen molar-refractivity contribution < 1.29 is 18.0 Å². The summed E-state index contributed by atoms with van der Waals surface area (Å²) >= 11 is 0. The van der Waals surface area contributed by atoms with E-state index in [-0.39, 0.29) is 23.9 Å². The first-order chi connectivity index (χ1) is 7.98. The number of nitrogens with one attached hydrogen (secondary N) is 1. The van der Waals surface area contributed by atoms with Crippen LogP contribution in [0, 0.1) is 5.92 Å². The number of amides is 1. The molecule has 5 heteroatoms. The van der Waals surface area contributed by atoms with Crippen molar-refractivity contribution in [2.24, 2.45) is 5.92 Å². The molecule has 1 aromatic rings. The minimum atomic E-state index is -4.37. The number of rotatable bonds is 3. The molecule has 1 amide bonds. The zero-order valence-corrected chi connectivity index (χ0v) is 9.05. The van der Waals surface area contributed by atoms with Gasteiger partial charge in [-0.25, -0.2) is 0 Å². The molecule has 1 aliphatic carbocycles. The average Bonchev–Trinajstić information content (AvgIpc) is 3.08. The molecule has 1 fully saturated rings. The maximum Gasteiger partial charge on any atom is 0.416 e. The van der Waals surface area contributed by atoms with Gasteiger partial charge in [0.15, 0.2) is 0 Å². The van der Waals surface area contributed by atoms with Crippen LogP contribution < -0.4 is 5.32 Å². The van der Waals surface area contributed by atoms with E-state index in [9.17, 15) is 18.0 Å². The van der Waals surface area contributed by atoms with Crippen molar-refractivity contribution in [2.75, 3.05) is 0 Å². The van der Waals surface area contributed by atoms with Crippen LogP contribution >= 0.6 is 0 Å². The number of carbonyl (C=O) groups excluding carboxylic acids is 1. The van der Waals surface area contributed by atoms with Gasteiger partial charge in [0.25, 0.3) is 0 Å². The first kappa shape index (κ1) is 12.0. The van der Waals surface area contributed by atoms with E-state index in [0.717, 1.165) is 18.9 Å². The molecule has 0 saturated heterocycles. The van der Waals surface area contributed by atoms with Gasteiger partial charge in [0, 0.05) is 12.5 Å². The molecule has 0 radical (unpaired) electrons. The van der Waals surface area contributed by atoms with E-state index in [1.165, 1.54) is 18.2 Å². The molecular formula is C12H12F3NO. The Morgan fingerprint density at radius 1 is 1.29 bits per heavy atom. The Morgan fingerprint density at radius 3 is 2.53 bits per heavy atom. The third kappa shape index (κ3) is 2.99. The molecule has 0 spiro atoms. The lowest BCUT2D eigenvalue weighted by atomic mass is 10.1. The Morgan fingerprint density at radius 2 is 1.94 bits per heavy atom. The molecule has 92 valence electrons. The second-order valence-electron chi connectivity index (χ2n) is 4.15. The standard InChI is InChI=1S/C12H12F3NO/c13-12(14,15)10-4-2-1-3-9(10)7-16-11(17)8-5-6-8/h1-4,8H,5-7H2,(H,16,17).